The topological polar surface area (TPSA) is 96.0 Å². The van der Waals surface area contributed by atoms with Crippen LogP contribution in [-0.2, 0) is 26.2 Å². The SMILES string of the molecule is CCOc1ccc(N(CC(=O)N(Cc2ccccc2C)[C@H](CC)C(=O)NC2CCCC2)S(=O)(=O)c2ccc(F)cc2)cc1. The Balaban J connectivity index is 1.72. The van der Waals surface area contributed by atoms with Gasteiger partial charge in [0.15, 0.2) is 0 Å². The van der Waals surface area contributed by atoms with Crippen LogP contribution >= 0.6 is 0 Å². The maximum absolute atomic E-state index is 14.2. The largest absolute Gasteiger partial charge is 0.494 e. The summed E-state index contributed by atoms with van der Waals surface area (Å²) in [5.74, 6) is -0.805. The zero-order valence-electron chi connectivity index (χ0n) is 25.0. The molecule has 3 aromatic carbocycles. The van der Waals surface area contributed by atoms with E-state index in [1.165, 1.54) is 17.0 Å². The van der Waals surface area contributed by atoms with Crippen molar-refractivity contribution in [1.82, 2.24) is 10.2 Å². The molecule has 0 radical (unpaired) electrons. The number of aryl methyl sites for hydroxylation is 1. The number of halogens is 1. The zero-order chi connectivity index (χ0) is 31.0. The van der Waals surface area contributed by atoms with E-state index in [1.54, 1.807) is 24.3 Å². The quantitative estimate of drug-likeness (QED) is 0.273. The Morgan fingerprint density at radius 2 is 1.63 bits per heavy atom. The lowest BCUT2D eigenvalue weighted by Gasteiger charge is -2.34. The molecule has 1 fully saturated rings. The van der Waals surface area contributed by atoms with Crippen LogP contribution < -0.4 is 14.4 Å². The number of rotatable bonds is 13. The molecular weight excluding hydrogens is 569 g/mol. The Kier molecular flexibility index (Phi) is 10.8. The second-order valence-electron chi connectivity index (χ2n) is 10.8. The fourth-order valence-electron chi connectivity index (χ4n) is 5.40. The van der Waals surface area contributed by atoms with E-state index in [0.29, 0.717) is 18.8 Å². The first kappa shape index (κ1) is 32.0. The predicted octanol–water partition coefficient (Wildman–Crippen LogP) is 5.59. The third-order valence-electron chi connectivity index (χ3n) is 7.81. The summed E-state index contributed by atoms with van der Waals surface area (Å²) in [6.45, 7) is 5.63. The third kappa shape index (κ3) is 7.93. The van der Waals surface area contributed by atoms with Gasteiger partial charge < -0.3 is 15.0 Å². The summed E-state index contributed by atoms with van der Waals surface area (Å²) in [7, 11) is -4.30. The molecule has 1 atom stereocenters. The van der Waals surface area contributed by atoms with E-state index in [-0.39, 0.29) is 29.1 Å². The van der Waals surface area contributed by atoms with Crippen molar-refractivity contribution in [2.75, 3.05) is 17.5 Å². The molecular formula is C33H40FN3O5S. The van der Waals surface area contributed by atoms with Crippen molar-refractivity contribution in [3.8, 4) is 5.75 Å². The normalized spacial score (nSPS) is 14.2. The minimum absolute atomic E-state index is 0.0659. The monoisotopic (exact) mass is 609 g/mol. The molecule has 1 aliphatic rings. The van der Waals surface area contributed by atoms with Gasteiger partial charge in [-0.05, 0) is 92.8 Å². The summed E-state index contributed by atoms with van der Waals surface area (Å²) in [5.41, 5.74) is 2.05. The number of amides is 2. The fourth-order valence-corrected chi connectivity index (χ4v) is 6.81. The molecule has 1 saturated carbocycles. The molecule has 2 amide bonds. The van der Waals surface area contributed by atoms with Crippen LogP contribution in [-0.4, -0.2) is 50.4 Å². The molecule has 3 aromatic rings. The van der Waals surface area contributed by atoms with Crippen LogP contribution in [0.2, 0.25) is 0 Å². The molecule has 0 aliphatic heterocycles. The summed E-state index contributed by atoms with van der Waals surface area (Å²) in [6.07, 6.45) is 4.24. The highest BCUT2D eigenvalue weighted by Gasteiger charge is 2.34. The van der Waals surface area contributed by atoms with Gasteiger partial charge in [0.25, 0.3) is 10.0 Å². The molecule has 0 bridgehead atoms. The van der Waals surface area contributed by atoms with Crippen molar-refractivity contribution in [2.45, 2.75) is 76.4 Å². The fraction of sp³-hybridized carbons (Fsp3) is 0.394. The van der Waals surface area contributed by atoms with E-state index < -0.39 is 34.3 Å². The molecule has 0 aromatic heterocycles. The van der Waals surface area contributed by atoms with Crippen LogP contribution in [0.5, 0.6) is 5.75 Å². The predicted molar refractivity (Wildman–Crippen MR) is 165 cm³/mol. The Morgan fingerprint density at radius 3 is 2.23 bits per heavy atom. The number of carbonyl (C=O) groups is 2. The van der Waals surface area contributed by atoms with Gasteiger partial charge in [-0.1, -0.05) is 44.0 Å². The van der Waals surface area contributed by atoms with Crippen molar-refractivity contribution < 1.29 is 27.1 Å². The zero-order valence-corrected chi connectivity index (χ0v) is 25.8. The van der Waals surface area contributed by atoms with Gasteiger partial charge in [0.05, 0.1) is 17.2 Å². The number of sulfonamides is 1. The highest BCUT2D eigenvalue weighted by Crippen LogP contribution is 2.27. The number of nitrogens with one attached hydrogen (secondary N) is 1. The number of hydrogen-bond donors (Lipinski definition) is 1. The first-order valence-electron chi connectivity index (χ1n) is 14.8. The van der Waals surface area contributed by atoms with Crippen molar-refractivity contribution in [1.29, 1.82) is 0 Å². The highest BCUT2D eigenvalue weighted by atomic mass is 32.2. The Morgan fingerprint density at radius 1 is 0.977 bits per heavy atom. The number of benzene rings is 3. The number of ether oxygens (including phenoxy) is 1. The Bertz CT molecular complexity index is 1490. The third-order valence-corrected chi connectivity index (χ3v) is 9.59. The van der Waals surface area contributed by atoms with Gasteiger partial charge in [-0.3, -0.25) is 13.9 Å². The number of carbonyl (C=O) groups excluding carboxylic acids is 2. The van der Waals surface area contributed by atoms with Crippen LogP contribution in [0.25, 0.3) is 0 Å². The minimum atomic E-state index is -4.30. The summed E-state index contributed by atoms with van der Waals surface area (Å²) in [4.78, 5) is 29.1. The molecule has 0 spiro atoms. The van der Waals surface area contributed by atoms with Crippen LogP contribution in [0, 0.1) is 12.7 Å². The van der Waals surface area contributed by atoms with Crippen LogP contribution in [0.1, 0.15) is 57.1 Å². The van der Waals surface area contributed by atoms with Gasteiger partial charge in [-0.15, -0.1) is 0 Å². The highest BCUT2D eigenvalue weighted by molar-refractivity contribution is 7.92. The molecule has 1 aliphatic carbocycles. The van der Waals surface area contributed by atoms with Gasteiger partial charge in [-0.2, -0.15) is 0 Å². The molecule has 8 nitrogen and oxygen atoms in total. The van der Waals surface area contributed by atoms with E-state index in [0.717, 1.165) is 53.2 Å². The van der Waals surface area contributed by atoms with Crippen molar-refractivity contribution in [3.05, 3.63) is 89.7 Å². The van der Waals surface area contributed by atoms with E-state index in [9.17, 15) is 22.4 Å². The van der Waals surface area contributed by atoms with Gasteiger partial charge >= 0.3 is 0 Å². The number of anilines is 1. The van der Waals surface area contributed by atoms with Crippen LogP contribution in [0.4, 0.5) is 10.1 Å². The summed E-state index contributed by atoms with van der Waals surface area (Å²) in [5, 5.41) is 3.12. The first-order chi connectivity index (χ1) is 20.6. The molecule has 0 saturated heterocycles. The smallest absolute Gasteiger partial charge is 0.264 e. The lowest BCUT2D eigenvalue weighted by atomic mass is 10.1. The Hall–Kier alpha value is -3.92. The van der Waals surface area contributed by atoms with Crippen molar-refractivity contribution in [2.24, 2.45) is 0 Å². The minimum Gasteiger partial charge on any atom is -0.494 e. The van der Waals surface area contributed by atoms with Crippen LogP contribution in [0.15, 0.2) is 77.7 Å². The van der Waals surface area contributed by atoms with Crippen molar-refractivity contribution >= 4 is 27.5 Å². The van der Waals surface area contributed by atoms with E-state index in [2.05, 4.69) is 5.32 Å². The maximum Gasteiger partial charge on any atom is 0.264 e. The molecule has 4 rings (SSSR count). The van der Waals surface area contributed by atoms with E-state index >= 15 is 0 Å². The summed E-state index contributed by atoms with van der Waals surface area (Å²) in [6, 6.07) is 17.7. The molecule has 0 heterocycles. The van der Waals surface area contributed by atoms with Gasteiger partial charge in [-0.25, -0.2) is 12.8 Å². The molecule has 1 N–H and O–H groups in total. The average Bonchev–Trinajstić information content (AvgIpc) is 3.50. The maximum atomic E-state index is 14.2. The van der Waals surface area contributed by atoms with Gasteiger partial charge in [0, 0.05) is 12.6 Å². The average molecular weight is 610 g/mol. The number of nitrogens with zero attached hydrogens (tertiary/aromatic N) is 2. The van der Waals surface area contributed by atoms with Crippen molar-refractivity contribution in [3.63, 3.8) is 0 Å². The molecule has 230 valence electrons. The first-order valence-corrected chi connectivity index (χ1v) is 16.2. The van der Waals surface area contributed by atoms with Crippen LogP contribution in [0.3, 0.4) is 0 Å². The van der Waals surface area contributed by atoms with Gasteiger partial charge in [0.1, 0.15) is 24.2 Å². The standard InChI is InChI=1S/C33H40FN3O5S/c1-4-31(33(39)35-27-12-8-9-13-27)36(22-25-11-7-6-10-24(25)3)32(38)23-37(28-16-18-29(19-17-28)42-5-2)43(40,41)30-20-14-26(34)15-21-30/h6-7,10-11,14-21,27,31H,4-5,8-9,12-13,22-23H2,1-3H3,(H,35,39)/t31-/m1/s1. The number of hydrogen-bond acceptors (Lipinski definition) is 5. The Labute approximate surface area is 253 Å². The molecule has 43 heavy (non-hydrogen) atoms. The van der Waals surface area contributed by atoms with Gasteiger partial charge in [0.2, 0.25) is 11.8 Å². The lowest BCUT2D eigenvalue weighted by molar-refractivity contribution is -0.140. The van der Waals surface area contributed by atoms with E-state index in [4.69, 9.17) is 4.74 Å². The molecule has 10 heteroatoms. The second-order valence-corrected chi connectivity index (χ2v) is 12.6. The summed E-state index contributed by atoms with van der Waals surface area (Å²) < 4.78 is 48.1. The summed E-state index contributed by atoms with van der Waals surface area (Å²) >= 11 is 0. The molecule has 0 unspecified atom stereocenters. The second kappa shape index (κ2) is 14.5. The van der Waals surface area contributed by atoms with E-state index in [1.807, 2.05) is 45.0 Å². The lowest BCUT2D eigenvalue weighted by Crippen LogP contribution is -2.53.